The van der Waals surface area contributed by atoms with Crippen LogP contribution in [0.25, 0.3) is 0 Å². The monoisotopic (exact) mass is 302 g/mol. The van der Waals surface area contributed by atoms with Crippen molar-refractivity contribution in [1.29, 1.82) is 0 Å². The Morgan fingerprint density at radius 1 is 1.44 bits per heavy atom. The van der Waals surface area contributed by atoms with Crippen LogP contribution in [0.15, 0.2) is 12.1 Å². The van der Waals surface area contributed by atoms with E-state index in [1.54, 1.807) is 0 Å². The molecule has 1 aromatic rings. The molecule has 0 aromatic carbocycles. The SMILES string of the molecule is O=C(NCC(O)C(F)(F)F)c1nc(Cl)ccc1Cl. The summed E-state index contributed by atoms with van der Waals surface area (Å²) in [5.74, 6) is -0.953. The van der Waals surface area contributed by atoms with Crippen LogP contribution in [0.5, 0.6) is 0 Å². The molecule has 1 unspecified atom stereocenters. The molecule has 1 aromatic heterocycles. The van der Waals surface area contributed by atoms with Crippen LogP contribution < -0.4 is 5.32 Å². The minimum Gasteiger partial charge on any atom is -0.382 e. The largest absolute Gasteiger partial charge is 0.416 e. The van der Waals surface area contributed by atoms with E-state index in [2.05, 4.69) is 4.98 Å². The Bertz CT molecular complexity index is 454. The maximum Gasteiger partial charge on any atom is 0.416 e. The van der Waals surface area contributed by atoms with E-state index in [1.807, 2.05) is 5.32 Å². The van der Waals surface area contributed by atoms with E-state index in [0.717, 1.165) is 0 Å². The lowest BCUT2D eigenvalue weighted by molar-refractivity contribution is -0.201. The van der Waals surface area contributed by atoms with Gasteiger partial charge < -0.3 is 10.4 Å². The second-order valence-corrected chi connectivity index (χ2v) is 4.03. The molecular formula is C9H7Cl2F3N2O2. The fourth-order valence-corrected chi connectivity index (χ4v) is 1.30. The van der Waals surface area contributed by atoms with E-state index < -0.39 is 24.7 Å². The number of rotatable bonds is 3. The summed E-state index contributed by atoms with van der Waals surface area (Å²) in [5, 5.41) is 10.5. The molecule has 1 amide bonds. The van der Waals surface area contributed by atoms with Gasteiger partial charge in [0, 0.05) is 0 Å². The van der Waals surface area contributed by atoms with Crippen molar-refractivity contribution in [2.45, 2.75) is 12.3 Å². The molecule has 0 fully saturated rings. The van der Waals surface area contributed by atoms with Crippen molar-refractivity contribution in [3.05, 3.63) is 28.0 Å². The summed E-state index contributed by atoms with van der Waals surface area (Å²) in [6.45, 7) is -0.993. The standard InChI is InChI=1S/C9H7Cl2F3N2O2/c10-4-1-2-6(11)16-7(4)8(18)15-3-5(17)9(12,13)14/h1-2,5,17H,3H2,(H,15,18). The fraction of sp³-hybridized carbons (Fsp3) is 0.333. The highest BCUT2D eigenvalue weighted by molar-refractivity contribution is 6.34. The van der Waals surface area contributed by atoms with Gasteiger partial charge in [-0.05, 0) is 12.1 Å². The van der Waals surface area contributed by atoms with E-state index in [4.69, 9.17) is 28.3 Å². The van der Waals surface area contributed by atoms with Crippen LogP contribution in [0.1, 0.15) is 10.5 Å². The quantitative estimate of drug-likeness (QED) is 0.840. The molecule has 0 bridgehead atoms. The molecule has 18 heavy (non-hydrogen) atoms. The molecule has 0 saturated heterocycles. The molecule has 100 valence electrons. The van der Waals surface area contributed by atoms with E-state index in [1.165, 1.54) is 12.1 Å². The van der Waals surface area contributed by atoms with Gasteiger partial charge in [-0.1, -0.05) is 23.2 Å². The van der Waals surface area contributed by atoms with Crippen LogP contribution in [-0.4, -0.2) is 34.8 Å². The molecular weight excluding hydrogens is 296 g/mol. The Labute approximate surface area is 110 Å². The second-order valence-electron chi connectivity index (χ2n) is 3.23. The Morgan fingerprint density at radius 2 is 2.06 bits per heavy atom. The van der Waals surface area contributed by atoms with E-state index in [9.17, 15) is 18.0 Å². The molecule has 0 radical (unpaired) electrons. The predicted octanol–water partition coefficient (Wildman–Crippen LogP) is 2.04. The van der Waals surface area contributed by atoms with Crippen molar-refractivity contribution in [3.63, 3.8) is 0 Å². The first-order chi connectivity index (χ1) is 8.21. The maximum absolute atomic E-state index is 12.0. The molecule has 0 aliphatic rings. The van der Waals surface area contributed by atoms with Gasteiger partial charge in [-0.3, -0.25) is 4.79 Å². The highest BCUT2D eigenvalue weighted by Crippen LogP contribution is 2.20. The summed E-state index contributed by atoms with van der Waals surface area (Å²) in [4.78, 5) is 15.0. The van der Waals surface area contributed by atoms with Gasteiger partial charge in [-0.15, -0.1) is 0 Å². The number of amides is 1. The average Bonchev–Trinajstić information content (AvgIpc) is 2.27. The minimum absolute atomic E-state index is 0.0269. The molecule has 0 aliphatic heterocycles. The van der Waals surface area contributed by atoms with Crippen LogP contribution in [-0.2, 0) is 0 Å². The number of hydrogen-bond donors (Lipinski definition) is 2. The lowest BCUT2D eigenvalue weighted by Crippen LogP contribution is -2.41. The van der Waals surface area contributed by atoms with Gasteiger partial charge in [0.15, 0.2) is 6.10 Å². The van der Waals surface area contributed by atoms with Gasteiger partial charge in [-0.2, -0.15) is 13.2 Å². The lowest BCUT2D eigenvalue weighted by Gasteiger charge is -2.15. The van der Waals surface area contributed by atoms with E-state index >= 15 is 0 Å². The van der Waals surface area contributed by atoms with Crippen molar-refractivity contribution in [3.8, 4) is 0 Å². The first kappa shape index (κ1) is 15.0. The van der Waals surface area contributed by atoms with Crippen LogP contribution in [0.4, 0.5) is 13.2 Å². The molecule has 1 rings (SSSR count). The number of halogens is 5. The van der Waals surface area contributed by atoms with E-state index in [-0.39, 0.29) is 15.9 Å². The zero-order valence-corrected chi connectivity index (χ0v) is 10.1. The first-order valence-corrected chi connectivity index (χ1v) is 5.32. The Balaban J connectivity index is 2.69. The topological polar surface area (TPSA) is 62.2 Å². The van der Waals surface area contributed by atoms with Gasteiger partial charge in [0.25, 0.3) is 5.91 Å². The molecule has 1 heterocycles. The summed E-state index contributed by atoms with van der Waals surface area (Å²) in [5.41, 5.74) is -0.307. The molecule has 0 saturated carbocycles. The van der Waals surface area contributed by atoms with Crippen molar-refractivity contribution < 1.29 is 23.1 Å². The number of carbonyl (C=O) groups is 1. The van der Waals surface area contributed by atoms with Crippen LogP contribution in [0, 0.1) is 0 Å². The number of alkyl halides is 3. The van der Waals surface area contributed by atoms with E-state index in [0.29, 0.717) is 0 Å². The number of nitrogens with one attached hydrogen (secondary N) is 1. The number of nitrogens with zero attached hydrogens (tertiary/aromatic N) is 1. The Morgan fingerprint density at radius 3 is 2.61 bits per heavy atom. The van der Waals surface area contributed by atoms with Gasteiger partial charge in [0.05, 0.1) is 11.6 Å². The third-order valence-electron chi connectivity index (χ3n) is 1.86. The first-order valence-electron chi connectivity index (χ1n) is 4.57. The van der Waals surface area contributed by atoms with Crippen molar-refractivity contribution in [2.75, 3.05) is 6.54 Å². The number of aliphatic hydroxyl groups is 1. The molecule has 0 spiro atoms. The summed E-state index contributed by atoms with van der Waals surface area (Å²) in [7, 11) is 0. The number of pyridine rings is 1. The van der Waals surface area contributed by atoms with Crippen molar-refractivity contribution in [2.24, 2.45) is 0 Å². The summed E-state index contributed by atoms with van der Waals surface area (Å²) < 4.78 is 35.9. The zero-order valence-electron chi connectivity index (χ0n) is 8.63. The maximum atomic E-state index is 12.0. The number of hydrogen-bond acceptors (Lipinski definition) is 3. The zero-order chi connectivity index (χ0) is 13.9. The van der Waals surface area contributed by atoms with Gasteiger partial charge in [-0.25, -0.2) is 4.98 Å². The number of carbonyl (C=O) groups excluding carboxylic acids is 1. The van der Waals surface area contributed by atoms with Crippen molar-refractivity contribution >= 4 is 29.1 Å². The van der Waals surface area contributed by atoms with Gasteiger partial charge in [0.1, 0.15) is 10.8 Å². The molecule has 4 nitrogen and oxygen atoms in total. The van der Waals surface area contributed by atoms with Crippen LogP contribution in [0.3, 0.4) is 0 Å². The third kappa shape index (κ3) is 4.01. The second kappa shape index (κ2) is 5.73. The number of aliphatic hydroxyl groups excluding tert-OH is 1. The highest BCUT2D eigenvalue weighted by Gasteiger charge is 2.38. The normalized spacial score (nSPS) is 13.2. The fourth-order valence-electron chi connectivity index (χ4n) is 0.966. The lowest BCUT2D eigenvalue weighted by atomic mass is 10.3. The molecule has 1 atom stereocenters. The summed E-state index contributed by atoms with van der Waals surface area (Å²) in [6, 6.07) is 2.61. The summed E-state index contributed by atoms with van der Waals surface area (Å²) in [6.07, 6.45) is -7.46. The molecule has 9 heteroatoms. The van der Waals surface area contributed by atoms with Gasteiger partial charge in [0.2, 0.25) is 0 Å². The smallest absolute Gasteiger partial charge is 0.382 e. The van der Waals surface area contributed by atoms with Crippen molar-refractivity contribution in [1.82, 2.24) is 10.3 Å². The summed E-state index contributed by atoms with van der Waals surface area (Å²) >= 11 is 11.1. The van der Waals surface area contributed by atoms with Crippen LogP contribution in [0.2, 0.25) is 10.2 Å². The van der Waals surface area contributed by atoms with Crippen LogP contribution >= 0.6 is 23.2 Å². The third-order valence-corrected chi connectivity index (χ3v) is 2.38. The highest BCUT2D eigenvalue weighted by atomic mass is 35.5. The van der Waals surface area contributed by atoms with Gasteiger partial charge >= 0.3 is 6.18 Å². The molecule has 2 N–H and O–H groups in total. The molecule has 0 aliphatic carbocycles. The Hall–Kier alpha value is -1.05. The average molecular weight is 303 g/mol. The minimum atomic E-state index is -4.81. The predicted molar refractivity (Wildman–Crippen MR) is 58.7 cm³/mol. The number of aromatic nitrogens is 1. The Kier molecular flexibility index (Phi) is 4.78.